The Morgan fingerprint density at radius 2 is 1.89 bits per heavy atom. The molecular formula is C41H48ClF3N4O6. The number of fused-ring (bicyclic) bond motifs is 2. The molecule has 3 heterocycles. The highest BCUT2D eigenvalue weighted by molar-refractivity contribution is 6.35. The van der Waals surface area contributed by atoms with E-state index in [1.54, 1.807) is 30.8 Å². The molecule has 0 amide bonds. The second kappa shape index (κ2) is 18.2. The molecule has 3 aromatic carbocycles. The Bertz CT molecular complexity index is 2100. The molecule has 6 rings (SSSR count). The number of morpholine rings is 1. The maximum Gasteiger partial charge on any atom is 0.355 e. The fourth-order valence-corrected chi connectivity index (χ4v) is 7.58. The van der Waals surface area contributed by atoms with Gasteiger partial charge < -0.3 is 29.0 Å². The molecule has 2 N–H and O–H groups in total. The van der Waals surface area contributed by atoms with Gasteiger partial charge in [0.2, 0.25) is 0 Å². The summed E-state index contributed by atoms with van der Waals surface area (Å²) in [5, 5.41) is 16.8. The van der Waals surface area contributed by atoms with Crippen LogP contribution in [0.1, 0.15) is 66.7 Å². The molecule has 14 heteroatoms. The highest BCUT2D eigenvalue weighted by Crippen LogP contribution is 2.44. The highest BCUT2D eigenvalue weighted by Gasteiger charge is 2.34. The van der Waals surface area contributed by atoms with Crippen LogP contribution in [0.2, 0.25) is 5.02 Å². The third kappa shape index (κ3) is 9.29. The molecule has 10 nitrogen and oxygen atoms in total. The van der Waals surface area contributed by atoms with Crippen LogP contribution in [0.5, 0.6) is 5.75 Å². The van der Waals surface area contributed by atoms with Gasteiger partial charge in [-0.2, -0.15) is 5.10 Å². The van der Waals surface area contributed by atoms with Crippen molar-refractivity contribution in [3.8, 4) is 16.9 Å². The number of benzene rings is 3. The third-order valence-corrected chi connectivity index (χ3v) is 10.3. The fourth-order valence-electron chi connectivity index (χ4n) is 7.32. The molecular weight excluding hydrogens is 737 g/mol. The zero-order valence-electron chi connectivity index (χ0n) is 31.4. The van der Waals surface area contributed by atoms with Gasteiger partial charge in [-0.15, -0.1) is 0 Å². The monoisotopic (exact) mass is 784 g/mol. The van der Waals surface area contributed by atoms with Gasteiger partial charge in [0.05, 0.1) is 42.7 Å². The summed E-state index contributed by atoms with van der Waals surface area (Å²) in [6, 6.07) is 13.7. The Hall–Kier alpha value is -4.14. The number of carbonyl (C=O) groups excluding carboxylic acids is 1. The number of ether oxygens (including phenoxy) is 4. The minimum absolute atomic E-state index is 0.169. The van der Waals surface area contributed by atoms with E-state index in [1.165, 1.54) is 12.1 Å². The van der Waals surface area contributed by atoms with Crippen LogP contribution in [-0.4, -0.2) is 95.9 Å². The Kier molecular flexibility index (Phi) is 13.4. The van der Waals surface area contributed by atoms with Crippen LogP contribution in [0.25, 0.3) is 32.8 Å². The van der Waals surface area contributed by atoms with E-state index in [4.69, 9.17) is 35.6 Å². The van der Waals surface area contributed by atoms with Gasteiger partial charge in [0, 0.05) is 67.3 Å². The fraction of sp³-hybridized carbons (Fsp3) is 0.463. The van der Waals surface area contributed by atoms with Crippen molar-refractivity contribution in [3.05, 3.63) is 82.0 Å². The van der Waals surface area contributed by atoms with Crippen molar-refractivity contribution < 1.29 is 42.0 Å². The number of esters is 1. The number of aliphatic hydroxyl groups is 1. The summed E-state index contributed by atoms with van der Waals surface area (Å²) in [6.45, 7) is 5.80. The van der Waals surface area contributed by atoms with E-state index >= 15 is 0 Å². The molecule has 1 aliphatic rings. The summed E-state index contributed by atoms with van der Waals surface area (Å²) in [5.74, 6) is -3.46. The van der Waals surface area contributed by atoms with Crippen LogP contribution < -0.4 is 4.74 Å². The van der Waals surface area contributed by atoms with Crippen molar-refractivity contribution in [1.82, 2.24) is 19.7 Å². The van der Waals surface area contributed by atoms with Crippen LogP contribution in [0.4, 0.5) is 13.2 Å². The van der Waals surface area contributed by atoms with E-state index < -0.39 is 37.6 Å². The van der Waals surface area contributed by atoms with E-state index in [-0.39, 0.29) is 18.1 Å². The molecule has 1 saturated heterocycles. The third-order valence-electron chi connectivity index (χ3n) is 10.0. The van der Waals surface area contributed by atoms with Gasteiger partial charge in [0.25, 0.3) is 5.92 Å². The zero-order valence-corrected chi connectivity index (χ0v) is 32.2. The minimum Gasteiger partial charge on any atom is -0.493 e. The van der Waals surface area contributed by atoms with Gasteiger partial charge in [-0.25, -0.2) is 18.0 Å². The van der Waals surface area contributed by atoms with Gasteiger partial charge in [-0.3, -0.25) is 9.58 Å². The number of aliphatic hydroxyl groups excluding tert-OH is 1. The summed E-state index contributed by atoms with van der Waals surface area (Å²) in [6.07, 6.45) is 0.317. The van der Waals surface area contributed by atoms with Crippen LogP contribution >= 0.6 is 11.6 Å². The molecule has 0 spiro atoms. The van der Waals surface area contributed by atoms with Crippen LogP contribution in [0.15, 0.2) is 48.5 Å². The lowest BCUT2D eigenvalue weighted by Gasteiger charge is -2.29. The summed E-state index contributed by atoms with van der Waals surface area (Å²) >= 11 is 7.07. The SMILES string of the molecule is CCOC(=O)c1[nH]c2c(-c3c(C(CCN4CCOCC4)OCC(F)(F)CCO)nn(C)c3CC)c(Cl)ccc2c1CCCOc1cccc2cc(F)ccc12. The Labute approximate surface area is 323 Å². The summed E-state index contributed by atoms with van der Waals surface area (Å²) in [7, 11) is 1.80. The standard InChI is InChI=1S/C41H48ClF3N4O6/c1-4-32-36(39(47-48(32)3)34(55-25-41(44,45)16-20-50)15-17-49-18-22-52-23-19-49)35-31(42)14-13-30-29(38(46-37(30)35)40(51)53-5-2)9-7-21-54-33-10-6-8-26-24-27(43)11-12-28(26)33/h6,8,10-14,24,34,46,50H,4-5,7,9,15-23,25H2,1-3H3. The average Bonchev–Trinajstić information content (AvgIpc) is 3.70. The minimum atomic E-state index is -3.25. The van der Waals surface area contributed by atoms with Gasteiger partial charge >= 0.3 is 5.97 Å². The quantitative estimate of drug-likeness (QED) is 0.0679. The number of nitrogens with one attached hydrogen (secondary N) is 1. The van der Waals surface area contributed by atoms with E-state index in [0.29, 0.717) is 98.2 Å². The number of aromatic amines is 1. The number of hydrogen-bond donors (Lipinski definition) is 2. The number of hydrogen-bond acceptors (Lipinski definition) is 8. The Morgan fingerprint density at radius 1 is 1.11 bits per heavy atom. The Morgan fingerprint density at radius 3 is 2.64 bits per heavy atom. The van der Waals surface area contributed by atoms with E-state index in [1.807, 2.05) is 31.2 Å². The number of aryl methyl sites for hydroxylation is 2. The summed E-state index contributed by atoms with van der Waals surface area (Å²) < 4.78 is 68.4. The summed E-state index contributed by atoms with van der Waals surface area (Å²) in [4.78, 5) is 19.0. The van der Waals surface area contributed by atoms with Gasteiger partial charge in [0.15, 0.2) is 0 Å². The molecule has 0 radical (unpaired) electrons. The molecule has 1 atom stereocenters. The zero-order chi connectivity index (χ0) is 39.1. The van der Waals surface area contributed by atoms with Gasteiger partial charge in [0.1, 0.15) is 30.0 Å². The van der Waals surface area contributed by atoms with E-state index in [9.17, 15) is 23.1 Å². The van der Waals surface area contributed by atoms with Crippen molar-refractivity contribution >= 4 is 39.2 Å². The molecule has 2 aromatic heterocycles. The predicted octanol–water partition coefficient (Wildman–Crippen LogP) is 8.06. The van der Waals surface area contributed by atoms with E-state index in [2.05, 4.69) is 9.88 Å². The molecule has 55 heavy (non-hydrogen) atoms. The number of aromatic nitrogens is 3. The second-order valence-corrected chi connectivity index (χ2v) is 14.1. The number of rotatable bonds is 18. The normalized spacial score (nSPS) is 14.5. The van der Waals surface area contributed by atoms with Crippen molar-refractivity contribution in [2.45, 2.75) is 58.0 Å². The number of alkyl halides is 2. The molecule has 1 fully saturated rings. The smallest absolute Gasteiger partial charge is 0.355 e. The maximum atomic E-state index is 14.8. The topological polar surface area (TPSA) is 111 Å². The molecule has 296 valence electrons. The number of carbonyl (C=O) groups is 1. The molecule has 1 aliphatic heterocycles. The van der Waals surface area contributed by atoms with Crippen LogP contribution in [0, 0.1) is 5.82 Å². The van der Waals surface area contributed by atoms with Crippen molar-refractivity contribution in [1.29, 1.82) is 0 Å². The van der Waals surface area contributed by atoms with Crippen molar-refractivity contribution in [2.24, 2.45) is 7.05 Å². The molecule has 0 saturated carbocycles. The predicted molar refractivity (Wildman–Crippen MR) is 206 cm³/mol. The Balaban J connectivity index is 1.38. The lowest BCUT2D eigenvalue weighted by Crippen LogP contribution is -2.37. The molecule has 1 unspecified atom stereocenters. The number of halogens is 4. The van der Waals surface area contributed by atoms with Crippen molar-refractivity contribution in [3.63, 3.8) is 0 Å². The van der Waals surface area contributed by atoms with Crippen LogP contribution in [0.3, 0.4) is 0 Å². The largest absolute Gasteiger partial charge is 0.493 e. The lowest BCUT2D eigenvalue weighted by molar-refractivity contribution is -0.114. The lowest BCUT2D eigenvalue weighted by atomic mass is 9.94. The van der Waals surface area contributed by atoms with E-state index in [0.717, 1.165) is 27.4 Å². The second-order valence-electron chi connectivity index (χ2n) is 13.7. The molecule has 5 aromatic rings. The first-order valence-corrected chi connectivity index (χ1v) is 19.2. The maximum absolute atomic E-state index is 14.8. The van der Waals surface area contributed by atoms with Gasteiger partial charge in [-0.1, -0.05) is 36.7 Å². The summed E-state index contributed by atoms with van der Waals surface area (Å²) in [5.41, 5.74) is 4.09. The molecule has 0 aliphatic carbocycles. The first-order chi connectivity index (χ1) is 26.5. The molecule has 0 bridgehead atoms. The first kappa shape index (κ1) is 40.5. The van der Waals surface area contributed by atoms with Crippen LogP contribution in [-0.2, 0) is 34.1 Å². The number of H-pyrrole nitrogens is 1. The van der Waals surface area contributed by atoms with Gasteiger partial charge in [-0.05, 0) is 73.9 Å². The highest BCUT2D eigenvalue weighted by atomic mass is 35.5. The number of nitrogens with zero attached hydrogens (tertiary/aromatic N) is 3. The van der Waals surface area contributed by atoms with Crippen molar-refractivity contribution in [2.75, 3.05) is 59.3 Å². The average molecular weight is 785 g/mol. The first-order valence-electron chi connectivity index (χ1n) is 18.8.